The summed E-state index contributed by atoms with van der Waals surface area (Å²) >= 11 is 11.9. The molecule has 1 aromatic rings. The molecule has 0 heterocycles. The van der Waals surface area contributed by atoms with Crippen LogP contribution in [-0.4, -0.2) is 18.2 Å². The van der Waals surface area contributed by atoms with Crippen LogP contribution in [0.1, 0.15) is 44.3 Å². The van der Waals surface area contributed by atoms with E-state index in [0.717, 1.165) is 13.0 Å². The fraction of sp³-hybridized carbons (Fsp3) is 0.571. The van der Waals surface area contributed by atoms with Crippen LogP contribution >= 0.6 is 23.2 Å². The van der Waals surface area contributed by atoms with Gasteiger partial charge >= 0.3 is 0 Å². The second-order valence-corrected chi connectivity index (χ2v) is 5.29. The summed E-state index contributed by atoms with van der Waals surface area (Å²) in [5, 5.41) is 14.4. The predicted molar refractivity (Wildman–Crippen MR) is 78.4 cm³/mol. The highest BCUT2D eigenvalue weighted by Gasteiger charge is 2.11. The summed E-state index contributed by atoms with van der Waals surface area (Å²) in [5.74, 6) is 0. The number of hydrogen-bond donors (Lipinski definition) is 2. The molecule has 2 N–H and O–H groups in total. The van der Waals surface area contributed by atoms with Gasteiger partial charge in [-0.25, -0.2) is 0 Å². The Morgan fingerprint density at radius 3 is 2.72 bits per heavy atom. The Balaban J connectivity index is 2.31. The molecule has 0 amide bonds. The highest BCUT2D eigenvalue weighted by atomic mass is 35.5. The number of halogens is 2. The zero-order chi connectivity index (χ0) is 13.4. The van der Waals surface area contributed by atoms with Crippen molar-refractivity contribution in [3.63, 3.8) is 0 Å². The summed E-state index contributed by atoms with van der Waals surface area (Å²) in [6, 6.07) is 5.15. The lowest BCUT2D eigenvalue weighted by Crippen LogP contribution is -2.22. The zero-order valence-corrected chi connectivity index (χ0v) is 12.3. The first-order valence-corrected chi connectivity index (χ1v) is 7.24. The molecule has 1 atom stereocenters. The molecule has 0 saturated carbocycles. The van der Waals surface area contributed by atoms with Crippen LogP contribution in [-0.2, 0) is 0 Å². The molecule has 0 aliphatic heterocycles. The average Bonchev–Trinajstić information content (AvgIpc) is 2.36. The van der Waals surface area contributed by atoms with Gasteiger partial charge in [-0.2, -0.15) is 0 Å². The van der Waals surface area contributed by atoms with Crippen LogP contribution in [0, 0.1) is 0 Å². The Morgan fingerprint density at radius 2 is 2.00 bits per heavy atom. The highest BCUT2D eigenvalue weighted by Crippen LogP contribution is 2.25. The van der Waals surface area contributed by atoms with E-state index in [9.17, 15) is 5.11 Å². The summed E-state index contributed by atoms with van der Waals surface area (Å²) in [6.45, 7) is 3.62. The van der Waals surface area contributed by atoms with Crippen LogP contribution < -0.4 is 5.32 Å². The normalized spacial score (nSPS) is 12.7. The average molecular weight is 290 g/mol. The minimum absolute atomic E-state index is 0.506. The molecule has 102 valence electrons. The van der Waals surface area contributed by atoms with Gasteiger partial charge in [0.2, 0.25) is 0 Å². The molecule has 18 heavy (non-hydrogen) atoms. The maximum Gasteiger partial charge on any atom is 0.0929 e. The second-order valence-electron chi connectivity index (χ2n) is 4.45. The van der Waals surface area contributed by atoms with Gasteiger partial charge in [-0.3, -0.25) is 0 Å². The van der Waals surface area contributed by atoms with Gasteiger partial charge in [-0.05, 0) is 31.2 Å². The summed E-state index contributed by atoms with van der Waals surface area (Å²) in [4.78, 5) is 0. The minimum Gasteiger partial charge on any atom is -0.387 e. The van der Waals surface area contributed by atoms with E-state index >= 15 is 0 Å². The molecular weight excluding hydrogens is 269 g/mol. The molecule has 1 rings (SSSR count). The molecule has 0 spiro atoms. The Bertz CT molecular complexity index is 358. The first-order chi connectivity index (χ1) is 8.65. The number of hydrogen-bond acceptors (Lipinski definition) is 2. The van der Waals surface area contributed by atoms with Crippen molar-refractivity contribution in [3.05, 3.63) is 33.8 Å². The lowest BCUT2D eigenvalue weighted by Gasteiger charge is -2.14. The SMILES string of the molecule is CCCCCCNCC(O)c1cc(Cl)ccc1Cl. The van der Waals surface area contributed by atoms with Gasteiger partial charge in [0, 0.05) is 22.2 Å². The summed E-state index contributed by atoms with van der Waals surface area (Å²) in [7, 11) is 0. The molecule has 0 aromatic heterocycles. The monoisotopic (exact) mass is 289 g/mol. The molecule has 0 bridgehead atoms. The molecule has 1 aromatic carbocycles. The van der Waals surface area contributed by atoms with E-state index in [2.05, 4.69) is 12.2 Å². The van der Waals surface area contributed by atoms with Crippen LogP contribution in [0.15, 0.2) is 18.2 Å². The van der Waals surface area contributed by atoms with Gasteiger partial charge in [0.1, 0.15) is 0 Å². The summed E-state index contributed by atoms with van der Waals surface area (Å²) in [5.41, 5.74) is 0.685. The van der Waals surface area contributed by atoms with Crippen molar-refractivity contribution in [2.45, 2.75) is 38.7 Å². The fourth-order valence-corrected chi connectivity index (χ4v) is 2.22. The van der Waals surface area contributed by atoms with Gasteiger partial charge in [-0.1, -0.05) is 49.4 Å². The van der Waals surface area contributed by atoms with Crippen LogP contribution in [0.25, 0.3) is 0 Å². The lowest BCUT2D eigenvalue weighted by atomic mass is 10.1. The first kappa shape index (κ1) is 15.8. The molecular formula is C14H21Cl2NO. The molecule has 1 unspecified atom stereocenters. The van der Waals surface area contributed by atoms with E-state index in [0.29, 0.717) is 22.2 Å². The second kappa shape index (κ2) is 8.76. The van der Waals surface area contributed by atoms with Crippen molar-refractivity contribution in [1.82, 2.24) is 5.32 Å². The largest absolute Gasteiger partial charge is 0.387 e. The van der Waals surface area contributed by atoms with Gasteiger partial charge in [0.15, 0.2) is 0 Å². The van der Waals surface area contributed by atoms with Crippen LogP contribution in [0.3, 0.4) is 0 Å². The number of rotatable bonds is 8. The third kappa shape index (κ3) is 5.57. The summed E-state index contributed by atoms with van der Waals surface area (Å²) in [6.07, 6.45) is 4.27. The van der Waals surface area contributed by atoms with Crippen LogP contribution in [0.5, 0.6) is 0 Å². The summed E-state index contributed by atoms with van der Waals surface area (Å²) < 4.78 is 0. The van der Waals surface area contributed by atoms with E-state index in [4.69, 9.17) is 23.2 Å². The van der Waals surface area contributed by atoms with E-state index < -0.39 is 6.10 Å². The molecule has 0 aliphatic carbocycles. The Hall–Kier alpha value is -0.280. The Labute approximate surface area is 119 Å². The highest BCUT2D eigenvalue weighted by molar-refractivity contribution is 6.33. The third-order valence-electron chi connectivity index (χ3n) is 2.86. The first-order valence-electron chi connectivity index (χ1n) is 6.49. The topological polar surface area (TPSA) is 32.3 Å². The standard InChI is InChI=1S/C14H21Cl2NO/c1-2-3-4-5-8-17-10-14(18)12-9-11(15)6-7-13(12)16/h6-7,9,14,17-18H,2-5,8,10H2,1H3. The maximum absolute atomic E-state index is 10.0. The number of aliphatic hydroxyl groups excluding tert-OH is 1. The van der Waals surface area contributed by atoms with Crippen molar-refractivity contribution in [1.29, 1.82) is 0 Å². The van der Waals surface area contributed by atoms with Gasteiger partial charge < -0.3 is 10.4 Å². The number of benzene rings is 1. The molecule has 4 heteroatoms. The predicted octanol–water partition coefficient (Wildman–Crippen LogP) is 4.20. The van der Waals surface area contributed by atoms with E-state index in [1.165, 1.54) is 19.3 Å². The van der Waals surface area contributed by atoms with E-state index in [1.54, 1.807) is 18.2 Å². The minimum atomic E-state index is -0.609. The van der Waals surface area contributed by atoms with Crippen molar-refractivity contribution in [2.75, 3.05) is 13.1 Å². The fourth-order valence-electron chi connectivity index (χ4n) is 1.80. The maximum atomic E-state index is 10.0. The quantitative estimate of drug-likeness (QED) is 0.703. The van der Waals surface area contributed by atoms with Crippen molar-refractivity contribution in [3.8, 4) is 0 Å². The van der Waals surface area contributed by atoms with Gasteiger partial charge in [-0.15, -0.1) is 0 Å². The molecule has 2 nitrogen and oxygen atoms in total. The van der Waals surface area contributed by atoms with Crippen LogP contribution in [0.2, 0.25) is 10.0 Å². The van der Waals surface area contributed by atoms with Gasteiger partial charge in [0.25, 0.3) is 0 Å². The number of nitrogens with one attached hydrogen (secondary N) is 1. The number of aliphatic hydroxyl groups is 1. The Morgan fingerprint density at radius 1 is 1.22 bits per heavy atom. The van der Waals surface area contributed by atoms with E-state index in [-0.39, 0.29) is 0 Å². The van der Waals surface area contributed by atoms with Crippen molar-refractivity contribution < 1.29 is 5.11 Å². The molecule has 0 saturated heterocycles. The third-order valence-corrected chi connectivity index (χ3v) is 3.44. The van der Waals surface area contributed by atoms with Gasteiger partial charge in [0.05, 0.1) is 6.10 Å². The van der Waals surface area contributed by atoms with Crippen LogP contribution in [0.4, 0.5) is 0 Å². The zero-order valence-electron chi connectivity index (χ0n) is 10.8. The number of unbranched alkanes of at least 4 members (excludes halogenated alkanes) is 3. The van der Waals surface area contributed by atoms with Crippen molar-refractivity contribution >= 4 is 23.2 Å². The smallest absolute Gasteiger partial charge is 0.0929 e. The molecule has 0 aliphatic rings. The van der Waals surface area contributed by atoms with E-state index in [1.807, 2.05) is 0 Å². The molecule has 0 fully saturated rings. The molecule has 0 radical (unpaired) electrons. The van der Waals surface area contributed by atoms with Crippen molar-refractivity contribution in [2.24, 2.45) is 0 Å². The lowest BCUT2D eigenvalue weighted by molar-refractivity contribution is 0.175. The Kier molecular flexibility index (Phi) is 7.68.